The highest BCUT2D eigenvalue weighted by molar-refractivity contribution is 9.10. The van der Waals surface area contributed by atoms with E-state index in [2.05, 4.69) is 21.2 Å². The Hall–Kier alpha value is -1.21. The molecule has 5 nitrogen and oxygen atoms in total. The van der Waals surface area contributed by atoms with Gasteiger partial charge >= 0.3 is 0 Å². The quantitative estimate of drug-likeness (QED) is 0.663. The van der Waals surface area contributed by atoms with Crippen molar-refractivity contribution in [2.45, 2.75) is 31.4 Å². The molecule has 18 heavy (non-hydrogen) atoms. The number of rotatable bonds is 3. The minimum atomic E-state index is -0.766. The Morgan fingerprint density at radius 3 is 2.72 bits per heavy atom. The molecule has 98 valence electrons. The monoisotopic (exact) mass is 318 g/mol. The van der Waals surface area contributed by atoms with Gasteiger partial charge in [-0.3, -0.25) is 10.1 Å². The molecular weight excluding hydrogens is 307 g/mol. The van der Waals surface area contributed by atoms with Crippen molar-refractivity contribution in [1.82, 2.24) is 0 Å². The molecule has 2 N–H and O–H groups in total. The zero-order valence-corrected chi connectivity index (χ0v) is 11.2. The van der Waals surface area contributed by atoms with Crippen LogP contribution >= 0.6 is 15.9 Å². The Morgan fingerprint density at radius 2 is 2.22 bits per heavy atom. The third-order valence-corrected chi connectivity index (χ3v) is 3.41. The van der Waals surface area contributed by atoms with Gasteiger partial charge in [0.15, 0.2) is 5.82 Å². The number of hydrogen-bond donors (Lipinski definition) is 2. The van der Waals surface area contributed by atoms with E-state index in [0.29, 0.717) is 17.3 Å². The Morgan fingerprint density at radius 1 is 1.61 bits per heavy atom. The van der Waals surface area contributed by atoms with E-state index in [1.807, 2.05) is 0 Å². The van der Waals surface area contributed by atoms with Crippen LogP contribution in [0.3, 0.4) is 0 Å². The molecule has 1 aromatic carbocycles. The number of nitrogens with one attached hydrogen (secondary N) is 1. The first-order chi connectivity index (χ1) is 8.28. The van der Waals surface area contributed by atoms with Crippen LogP contribution in [0.1, 0.15) is 19.8 Å². The van der Waals surface area contributed by atoms with E-state index >= 15 is 0 Å². The highest BCUT2D eigenvalue weighted by Crippen LogP contribution is 2.38. The van der Waals surface area contributed by atoms with E-state index in [-0.39, 0.29) is 17.4 Å². The van der Waals surface area contributed by atoms with E-state index in [9.17, 15) is 19.6 Å². The largest absolute Gasteiger partial charge is 0.390 e. The van der Waals surface area contributed by atoms with Crippen LogP contribution in [0.25, 0.3) is 0 Å². The van der Waals surface area contributed by atoms with Crippen LogP contribution in [-0.4, -0.2) is 21.7 Å². The maximum Gasteiger partial charge on any atom is 0.296 e. The lowest BCUT2D eigenvalue weighted by Crippen LogP contribution is -2.48. The second kappa shape index (κ2) is 4.47. The summed E-state index contributed by atoms with van der Waals surface area (Å²) in [5, 5.41) is 23.2. The van der Waals surface area contributed by atoms with E-state index in [0.717, 1.165) is 0 Å². The highest BCUT2D eigenvalue weighted by Gasteiger charge is 2.39. The molecule has 0 aliphatic heterocycles. The van der Waals surface area contributed by atoms with Crippen LogP contribution in [-0.2, 0) is 0 Å². The number of benzene rings is 1. The van der Waals surface area contributed by atoms with Crippen LogP contribution in [0.2, 0.25) is 0 Å². The molecule has 1 fully saturated rings. The van der Waals surface area contributed by atoms with Crippen molar-refractivity contribution in [2.24, 2.45) is 0 Å². The van der Waals surface area contributed by atoms with Gasteiger partial charge in [0.2, 0.25) is 0 Å². The predicted molar refractivity (Wildman–Crippen MR) is 68.0 cm³/mol. The smallest absolute Gasteiger partial charge is 0.296 e. The number of anilines is 1. The molecule has 0 aromatic heterocycles. The molecule has 0 bridgehead atoms. The number of nitrogens with zero attached hydrogens (tertiary/aromatic N) is 1. The van der Waals surface area contributed by atoms with Gasteiger partial charge in [-0.2, -0.15) is 0 Å². The summed E-state index contributed by atoms with van der Waals surface area (Å²) in [7, 11) is 0. The predicted octanol–water partition coefficient (Wildman–Crippen LogP) is 2.82. The molecule has 1 saturated carbocycles. The average molecular weight is 319 g/mol. The van der Waals surface area contributed by atoms with Crippen LogP contribution in [0.4, 0.5) is 15.8 Å². The molecule has 0 unspecified atom stereocenters. The van der Waals surface area contributed by atoms with Gasteiger partial charge in [0.05, 0.1) is 10.5 Å². The van der Waals surface area contributed by atoms with E-state index in [4.69, 9.17) is 0 Å². The minimum Gasteiger partial charge on any atom is -0.390 e. The number of nitro benzene ring substituents is 1. The van der Waals surface area contributed by atoms with Gasteiger partial charge in [0.1, 0.15) is 5.69 Å². The third-order valence-electron chi connectivity index (χ3n) is 2.95. The second-order valence-electron chi connectivity index (χ2n) is 4.79. The van der Waals surface area contributed by atoms with Gasteiger partial charge in [0.25, 0.3) is 5.69 Å². The Bertz CT molecular complexity index is 499. The van der Waals surface area contributed by atoms with Crippen molar-refractivity contribution in [3.05, 3.63) is 32.5 Å². The summed E-state index contributed by atoms with van der Waals surface area (Å²) in [5.74, 6) is -0.678. The normalized spacial score (nSPS) is 26.6. The van der Waals surface area contributed by atoms with Crippen molar-refractivity contribution in [2.75, 3.05) is 5.32 Å². The molecule has 0 amide bonds. The molecule has 0 atom stereocenters. The zero-order chi connectivity index (χ0) is 13.5. The summed E-state index contributed by atoms with van der Waals surface area (Å²) >= 11 is 3.02. The second-order valence-corrected chi connectivity index (χ2v) is 5.70. The SMILES string of the molecule is C[C@]1(O)C[C@@H](Nc2c(F)cc(Br)cc2[N+](=O)[O-])C1. The summed E-state index contributed by atoms with van der Waals surface area (Å²) in [6.07, 6.45) is 0.888. The highest BCUT2D eigenvalue weighted by atomic mass is 79.9. The Labute approximate surface area is 111 Å². The molecule has 1 aromatic rings. The van der Waals surface area contributed by atoms with Crippen LogP contribution in [0, 0.1) is 15.9 Å². The lowest BCUT2D eigenvalue weighted by atomic mass is 9.77. The van der Waals surface area contributed by atoms with Crippen molar-refractivity contribution in [1.29, 1.82) is 0 Å². The van der Waals surface area contributed by atoms with Gasteiger partial charge in [-0.15, -0.1) is 0 Å². The molecule has 0 saturated heterocycles. The molecule has 1 aliphatic carbocycles. The minimum absolute atomic E-state index is 0.122. The first-order valence-corrected chi connectivity index (χ1v) is 6.20. The maximum absolute atomic E-state index is 13.7. The molecule has 2 rings (SSSR count). The van der Waals surface area contributed by atoms with E-state index < -0.39 is 16.3 Å². The van der Waals surface area contributed by atoms with Crippen molar-refractivity contribution in [3.8, 4) is 0 Å². The fourth-order valence-electron chi connectivity index (χ4n) is 2.15. The van der Waals surface area contributed by atoms with E-state index in [1.165, 1.54) is 12.1 Å². The van der Waals surface area contributed by atoms with Gasteiger partial charge in [-0.05, 0) is 25.8 Å². The molecule has 0 radical (unpaired) electrons. The number of hydrogen-bond acceptors (Lipinski definition) is 4. The Balaban J connectivity index is 2.24. The first-order valence-electron chi connectivity index (χ1n) is 5.41. The summed E-state index contributed by atoms with van der Waals surface area (Å²) in [5.41, 5.74) is -1.20. The average Bonchev–Trinajstić information content (AvgIpc) is 2.18. The molecule has 1 aliphatic rings. The lowest BCUT2D eigenvalue weighted by Gasteiger charge is -2.41. The summed E-state index contributed by atoms with van der Waals surface area (Å²) < 4.78 is 14.0. The first kappa shape index (κ1) is 13.2. The summed E-state index contributed by atoms with van der Waals surface area (Å²) in [6.45, 7) is 1.68. The topological polar surface area (TPSA) is 75.4 Å². The van der Waals surface area contributed by atoms with Gasteiger partial charge in [-0.25, -0.2) is 4.39 Å². The number of halogens is 2. The van der Waals surface area contributed by atoms with Crippen molar-refractivity contribution in [3.63, 3.8) is 0 Å². The number of nitro groups is 1. The standard InChI is InChI=1S/C11H12BrFN2O3/c1-11(16)4-7(5-11)14-10-8(13)2-6(12)3-9(10)15(17)18/h2-3,7,14,16H,4-5H2,1H3/t7-,11+. The lowest BCUT2D eigenvalue weighted by molar-refractivity contribution is -0.384. The van der Waals surface area contributed by atoms with Crippen molar-refractivity contribution >= 4 is 27.3 Å². The van der Waals surface area contributed by atoms with Crippen LogP contribution < -0.4 is 5.32 Å². The molecule has 7 heteroatoms. The van der Waals surface area contributed by atoms with E-state index in [1.54, 1.807) is 6.92 Å². The van der Waals surface area contributed by atoms with Crippen LogP contribution in [0.5, 0.6) is 0 Å². The maximum atomic E-state index is 13.7. The van der Waals surface area contributed by atoms with Crippen LogP contribution in [0.15, 0.2) is 16.6 Å². The zero-order valence-electron chi connectivity index (χ0n) is 9.61. The summed E-state index contributed by atoms with van der Waals surface area (Å²) in [4.78, 5) is 10.2. The molecule has 0 spiro atoms. The molecule has 0 heterocycles. The van der Waals surface area contributed by atoms with Gasteiger partial charge in [0, 0.05) is 16.6 Å². The third kappa shape index (κ3) is 2.62. The van der Waals surface area contributed by atoms with Gasteiger partial charge in [-0.1, -0.05) is 15.9 Å². The molecular formula is C11H12BrFN2O3. The summed E-state index contributed by atoms with van der Waals surface area (Å²) in [6, 6.07) is 2.28. The fraction of sp³-hybridized carbons (Fsp3) is 0.455. The van der Waals surface area contributed by atoms with Gasteiger partial charge < -0.3 is 10.4 Å². The fourth-order valence-corrected chi connectivity index (χ4v) is 2.57. The number of aliphatic hydroxyl groups is 1. The Kier molecular flexibility index (Phi) is 3.29. The van der Waals surface area contributed by atoms with Crippen molar-refractivity contribution < 1.29 is 14.4 Å².